The summed E-state index contributed by atoms with van der Waals surface area (Å²) < 4.78 is 6.78. The molecular formula is C16H20N4O3S. The molecule has 0 bridgehead atoms. The van der Waals surface area contributed by atoms with Crippen molar-refractivity contribution in [2.24, 2.45) is 0 Å². The highest BCUT2D eigenvalue weighted by Crippen LogP contribution is 2.31. The van der Waals surface area contributed by atoms with Gasteiger partial charge in [0.15, 0.2) is 5.69 Å². The second kappa shape index (κ2) is 6.72. The fourth-order valence-corrected chi connectivity index (χ4v) is 3.66. The van der Waals surface area contributed by atoms with Gasteiger partial charge in [-0.05, 0) is 38.1 Å². The maximum Gasteiger partial charge on any atom is 0.331 e. The monoisotopic (exact) mass is 348 g/mol. The summed E-state index contributed by atoms with van der Waals surface area (Å²) in [5.74, 6) is -0.637. The number of carbonyl (C=O) groups excluding carboxylic acids is 2. The number of carbonyl (C=O) groups is 2. The molecule has 1 atom stereocenters. The lowest BCUT2D eigenvalue weighted by Gasteiger charge is -2.32. The molecule has 8 heteroatoms. The van der Waals surface area contributed by atoms with Gasteiger partial charge in [-0.3, -0.25) is 4.79 Å². The molecule has 3 rings (SSSR count). The van der Waals surface area contributed by atoms with E-state index in [0.29, 0.717) is 26.1 Å². The summed E-state index contributed by atoms with van der Waals surface area (Å²) in [6.45, 7) is 4.91. The summed E-state index contributed by atoms with van der Waals surface area (Å²) in [6, 6.07) is 3.98. The van der Waals surface area contributed by atoms with Gasteiger partial charge in [0.2, 0.25) is 0 Å². The van der Waals surface area contributed by atoms with E-state index in [-0.39, 0.29) is 17.6 Å². The van der Waals surface area contributed by atoms with Gasteiger partial charge in [-0.2, -0.15) is 0 Å². The Morgan fingerprint density at radius 1 is 1.46 bits per heavy atom. The summed E-state index contributed by atoms with van der Waals surface area (Å²) >= 11 is 1.62. The van der Waals surface area contributed by atoms with Crippen LogP contribution in [0.25, 0.3) is 0 Å². The van der Waals surface area contributed by atoms with Crippen molar-refractivity contribution in [2.45, 2.75) is 38.8 Å². The van der Waals surface area contributed by atoms with E-state index in [1.54, 1.807) is 41.0 Å². The maximum atomic E-state index is 12.8. The van der Waals surface area contributed by atoms with E-state index < -0.39 is 5.54 Å². The van der Waals surface area contributed by atoms with E-state index in [0.717, 1.165) is 11.3 Å². The Morgan fingerprint density at radius 3 is 3.00 bits per heavy atom. The van der Waals surface area contributed by atoms with Crippen LogP contribution in [0.1, 0.15) is 42.1 Å². The number of amides is 1. The molecule has 1 amide bonds. The Morgan fingerprint density at radius 2 is 2.29 bits per heavy atom. The van der Waals surface area contributed by atoms with Crippen LogP contribution in [0.2, 0.25) is 0 Å². The van der Waals surface area contributed by atoms with E-state index in [1.165, 1.54) is 0 Å². The van der Waals surface area contributed by atoms with Crippen LogP contribution in [0, 0.1) is 0 Å². The summed E-state index contributed by atoms with van der Waals surface area (Å²) in [5, 5.41) is 10.0. The number of nitrogens with zero attached hydrogens (tertiary/aromatic N) is 4. The fourth-order valence-electron chi connectivity index (χ4n) is 2.96. The van der Waals surface area contributed by atoms with Gasteiger partial charge in [0.25, 0.3) is 5.91 Å². The first kappa shape index (κ1) is 16.6. The van der Waals surface area contributed by atoms with E-state index in [1.807, 2.05) is 17.5 Å². The third-order valence-corrected chi connectivity index (χ3v) is 5.12. The average molecular weight is 348 g/mol. The van der Waals surface area contributed by atoms with E-state index >= 15 is 0 Å². The van der Waals surface area contributed by atoms with Crippen molar-refractivity contribution in [2.75, 3.05) is 13.2 Å². The summed E-state index contributed by atoms with van der Waals surface area (Å²) in [5.41, 5.74) is -0.672. The summed E-state index contributed by atoms with van der Waals surface area (Å²) in [4.78, 5) is 27.8. The van der Waals surface area contributed by atoms with Crippen LogP contribution in [-0.4, -0.2) is 50.5 Å². The SMILES string of the molecule is CCOC(=O)C1(C)CCCN1C(=O)c1cn(Cc2cccs2)nn1. The molecule has 0 aromatic carbocycles. The first-order valence-electron chi connectivity index (χ1n) is 7.96. The third kappa shape index (κ3) is 3.06. The number of esters is 1. The van der Waals surface area contributed by atoms with Gasteiger partial charge in [-0.15, -0.1) is 16.4 Å². The lowest BCUT2D eigenvalue weighted by Crippen LogP contribution is -2.51. The minimum absolute atomic E-state index is 0.254. The van der Waals surface area contributed by atoms with Gasteiger partial charge in [-0.1, -0.05) is 11.3 Å². The van der Waals surface area contributed by atoms with Crippen LogP contribution in [0.15, 0.2) is 23.7 Å². The van der Waals surface area contributed by atoms with Gasteiger partial charge in [-0.25, -0.2) is 9.48 Å². The number of thiophene rings is 1. The van der Waals surface area contributed by atoms with Crippen LogP contribution in [0.4, 0.5) is 0 Å². The van der Waals surface area contributed by atoms with Gasteiger partial charge in [0, 0.05) is 11.4 Å². The normalized spacial score (nSPS) is 20.3. The van der Waals surface area contributed by atoms with Crippen molar-refractivity contribution in [3.63, 3.8) is 0 Å². The predicted octanol–water partition coefficient (Wildman–Crippen LogP) is 1.95. The average Bonchev–Trinajstić information content (AvgIpc) is 3.29. The zero-order valence-electron chi connectivity index (χ0n) is 13.8. The quantitative estimate of drug-likeness (QED) is 0.772. The van der Waals surface area contributed by atoms with Crippen molar-refractivity contribution in [1.29, 1.82) is 0 Å². The molecule has 1 fully saturated rings. The number of likely N-dealkylation sites (tertiary alicyclic amines) is 1. The highest BCUT2D eigenvalue weighted by Gasteiger charge is 2.47. The Labute approximate surface area is 144 Å². The standard InChI is InChI=1S/C16H20N4O3S/c1-3-23-15(22)16(2)7-5-8-20(16)14(21)13-11-19(18-17-13)10-12-6-4-9-24-12/h4,6,9,11H,3,5,7-8,10H2,1-2H3. The highest BCUT2D eigenvalue weighted by atomic mass is 32.1. The Balaban J connectivity index is 1.76. The lowest BCUT2D eigenvalue weighted by atomic mass is 9.99. The van der Waals surface area contributed by atoms with Gasteiger partial charge in [0.05, 0.1) is 19.3 Å². The minimum atomic E-state index is -0.926. The molecule has 1 aliphatic heterocycles. The van der Waals surface area contributed by atoms with Crippen molar-refractivity contribution < 1.29 is 14.3 Å². The third-order valence-electron chi connectivity index (χ3n) is 4.26. The maximum absolute atomic E-state index is 12.8. The Hall–Kier alpha value is -2.22. The number of ether oxygens (including phenoxy) is 1. The molecule has 3 heterocycles. The number of aromatic nitrogens is 3. The summed E-state index contributed by atoms with van der Waals surface area (Å²) in [6.07, 6.45) is 3.00. The smallest absolute Gasteiger partial charge is 0.331 e. The molecule has 0 aliphatic carbocycles. The molecule has 0 saturated carbocycles. The van der Waals surface area contributed by atoms with E-state index in [2.05, 4.69) is 10.3 Å². The molecule has 0 spiro atoms. The molecule has 0 N–H and O–H groups in total. The molecule has 0 radical (unpaired) electrons. The van der Waals surface area contributed by atoms with E-state index in [9.17, 15) is 9.59 Å². The molecule has 7 nitrogen and oxygen atoms in total. The van der Waals surface area contributed by atoms with Crippen molar-refractivity contribution in [1.82, 2.24) is 19.9 Å². The first-order chi connectivity index (χ1) is 11.5. The van der Waals surface area contributed by atoms with Gasteiger partial charge >= 0.3 is 5.97 Å². The molecule has 2 aromatic rings. The minimum Gasteiger partial charge on any atom is -0.464 e. The first-order valence-corrected chi connectivity index (χ1v) is 8.84. The fraction of sp³-hybridized carbons (Fsp3) is 0.500. The van der Waals surface area contributed by atoms with Crippen LogP contribution < -0.4 is 0 Å². The van der Waals surface area contributed by atoms with E-state index in [4.69, 9.17) is 4.74 Å². The van der Waals surface area contributed by atoms with Crippen LogP contribution in [0.3, 0.4) is 0 Å². The van der Waals surface area contributed by atoms with Gasteiger partial charge < -0.3 is 9.64 Å². The molecule has 1 aliphatic rings. The Bertz CT molecular complexity index is 728. The molecule has 1 unspecified atom stereocenters. The largest absolute Gasteiger partial charge is 0.464 e. The zero-order chi connectivity index (χ0) is 17.2. The number of hydrogen-bond donors (Lipinski definition) is 0. The second-order valence-corrected chi connectivity index (χ2v) is 6.97. The number of rotatable bonds is 5. The van der Waals surface area contributed by atoms with Crippen LogP contribution >= 0.6 is 11.3 Å². The predicted molar refractivity (Wildman–Crippen MR) is 88.8 cm³/mol. The Kier molecular flexibility index (Phi) is 4.66. The molecule has 128 valence electrons. The van der Waals surface area contributed by atoms with Crippen LogP contribution in [0.5, 0.6) is 0 Å². The van der Waals surface area contributed by atoms with Crippen molar-refractivity contribution in [3.8, 4) is 0 Å². The topological polar surface area (TPSA) is 77.3 Å². The molecule has 1 saturated heterocycles. The lowest BCUT2D eigenvalue weighted by molar-refractivity contribution is -0.153. The molecular weight excluding hydrogens is 328 g/mol. The second-order valence-electron chi connectivity index (χ2n) is 5.94. The van der Waals surface area contributed by atoms with Gasteiger partial charge in [0.1, 0.15) is 5.54 Å². The molecule has 24 heavy (non-hydrogen) atoms. The zero-order valence-corrected chi connectivity index (χ0v) is 14.6. The molecule has 2 aromatic heterocycles. The summed E-state index contributed by atoms with van der Waals surface area (Å²) in [7, 11) is 0. The van der Waals surface area contributed by atoms with Crippen molar-refractivity contribution >= 4 is 23.2 Å². The highest BCUT2D eigenvalue weighted by molar-refractivity contribution is 7.09. The number of hydrogen-bond acceptors (Lipinski definition) is 6. The van der Waals surface area contributed by atoms with Crippen molar-refractivity contribution in [3.05, 3.63) is 34.3 Å². The van der Waals surface area contributed by atoms with Crippen LogP contribution in [-0.2, 0) is 16.1 Å².